The van der Waals surface area contributed by atoms with Crippen molar-refractivity contribution in [2.75, 3.05) is 21.3 Å². The summed E-state index contributed by atoms with van der Waals surface area (Å²) in [5.74, 6) is 1.82. The van der Waals surface area contributed by atoms with Gasteiger partial charge in [0, 0.05) is 11.5 Å². The molecule has 4 heteroatoms. The van der Waals surface area contributed by atoms with Crippen LogP contribution in [0.15, 0.2) is 24.3 Å². The predicted octanol–water partition coefficient (Wildman–Crippen LogP) is 2.74. The highest BCUT2D eigenvalue weighted by molar-refractivity contribution is 5.99. The smallest absolute Gasteiger partial charge is 0.144 e. The van der Waals surface area contributed by atoms with Crippen LogP contribution in [0.2, 0.25) is 0 Å². The number of ether oxygens (including phenoxy) is 3. The summed E-state index contributed by atoms with van der Waals surface area (Å²) in [7, 11) is 4.70. The third-order valence-electron chi connectivity index (χ3n) is 2.80. The van der Waals surface area contributed by atoms with Crippen molar-refractivity contribution in [3.63, 3.8) is 0 Å². The van der Waals surface area contributed by atoms with Gasteiger partial charge in [-0.1, -0.05) is 12.1 Å². The summed E-state index contributed by atoms with van der Waals surface area (Å²) in [4.78, 5) is 0. The van der Waals surface area contributed by atoms with Crippen molar-refractivity contribution in [2.24, 2.45) is 0 Å². The minimum Gasteiger partial charge on any atom is -0.496 e. The van der Waals surface area contributed by atoms with Gasteiger partial charge in [0.1, 0.15) is 23.3 Å². The normalized spacial score (nSPS) is 9.89. The van der Waals surface area contributed by atoms with Gasteiger partial charge in [-0.05, 0) is 6.07 Å². The summed E-state index contributed by atoms with van der Waals surface area (Å²) >= 11 is 0. The van der Waals surface area contributed by atoms with Gasteiger partial charge in [-0.25, -0.2) is 0 Å². The Labute approximate surface area is 105 Å². The number of hydrogen-bond donors (Lipinski definition) is 0. The minimum absolute atomic E-state index is 0.440. The first kappa shape index (κ1) is 12.1. The quantitative estimate of drug-likeness (QED) is 0.831. The van der Waals surface area contributed by atoms with E-state index in [9.17, 15) is 0 Å². The maximum atomic E-state index is 9.14. The molecule has 0 N–H and O–H groups in total. The molecule has 2 rings (SSSR count). The molecule has 92 valence electrons. The van der Waals surface area contributed by atoms with Gasteiger partial charge in [-0.15, -0.1) is 0 Å². The highest BCUT2D eigenvalue weighted by Gasteiger charge is 2.16. The molecule has 0 aromatic heterocycles. The van der Waals surface area contributed by atoms with Crippen molar-refractivity contribution in [3.8, 4) is 23.3 Å². The molecule has 18 heavy (non-hydrogen) atoms. The van der Waals surface area contributed by atoms with E-state index in [1.807, 2.05) is 18.2 Å². The molecule has 0 aliphatic heterocycles. The number of nitriles is 1. The topological polar surface area (TPSA) is 51.5 Å². The van der Waals surface area contributed by atoms with Crippen molar-refractivity contribution >= 4 is 10.8 Å². The Balaban J connectivity index is 2.95. The zero-order valence-corrected chi connectivity index (χ0v) is 10.5. The average Bonchev–Trinajstić information content (AvgIpc) is 2.44. The largest absolute Gasteiger partial charge is 0.496 e. The van der Waals surface area contributed by atoms with E-state index in [4.69, 9.17) is 19.5 Å². The van der Waals surface area contributed by atoms with Crippen LogP contribution in [0.3, 0.4) is 0 Å². The molecular formula is C14H13NO3. The van der Waals surface area contributed by atoms with Gasteiger partial charge < -0.3 is 14.2 Å². The number of fused-ring (bicyclic) bond motifs is 1. The molecule has 0 saturated heterocycles. The third-order valence-corrected chi connectivity index (χ3v) is 2.80. The van der Waals surface area contributed by atoms with E-state index in [1.165, 1.54) is 0 Å². The molecule has 0 aliphatic rings. The maximum Gasteiger partial charge on any atom is 0.144 e. The third kappa shape index (κ3) is 1.70. The predicted molar refractivity (Wildman–Crippen MR) is 68.3 cm³/mol. The van der Waals surface area contributed by atoms with Crippen molar-refractivity contribution in [1.29, 1.82) is 5.26 Å². The minimum atomic E-state index is 0.440. The lowest BCUT2D eigenvalue weighted by molar-refractivity contribution is 0.400. The Morgan fingerprint density at radius 1 is 1.00 bits per heavy atom. The maximum absolute atomic E-state index is 9.14. The molecule has 0 heterocycles. The van der Waals surface area contributed by atoms with Gasteiger partial charge in [0.05, 0.1) is 32.3 Å². The van der Waals surface area contributed by atoms with Gasteiger partial charge in [0.15, 0.2) is 0 Å². The molecule has 0 fully saturated rings. The van der Waals surface area contributed by atoms with E-state index >= 15 is 0 Å². The molecule has 0 saturated carbocycles. The Kier molecular flexibility index (Phi) is 3.24. The molecule has 0 radical (unpaired) electrons. The van der Waals surface area contributed by atoms with Crippen LogP contribution in [0.5, 0.6) is 17.2 Å². The Morgan fingerprint density at radius 3 is 2.28 bits per heavy atom. The summed E-state index contributed by atoms with van der Waals surface area (Å²) in [6.07, 6.45) is 0. The Morgan fingerprint density at radius 2 is 1.72 bits per heavy atom. The second kappa shape index (κ2) is 4.84. The first-order valence-corrected chi connectivity index (χ1v) is 5.38. The lowest BCUT2D eigenvalue weighted by Crippen LogP contribution is -1.95. The van der Waals surface area contributed by atoms with Crippen molar-refractivity contribution < 1.29 is 14.2 Å². The van der Waals surface area contributed by atoms with E-state index in [0.29, 0.717) is 22.8 Å². The fourth-order valence-electron chi connectivity index (χ4n) is 2.02. The first-order valence-electron chi connectivity index (χ1n) is 5.38. The van der Waals surface area contributed by atoms with E-state index in [1.54, 1.807) is 27.4 Å². The second-order valence-electron chi connectivity index (χ2n) is 3.65. The molecule has 0 atom stereocenters. The van der Waals surface area contributed by atoms with Gasteiger partial charge in [0.2, 0.25) is 0 Å². The van der Waals surface area contributed by atoms with E-state index in [0.717, 1.165) is 10.8 Å². The molecule has 0 aliphatic carbocycles. The molecule has 0 amide bonds. The lowest BCUT2D eigenvalue weighted by Gasteiger charge is -2.14. The van der Waals surface area contributed by atoms with Crippen molar-refractivity contribution in [3.05, 3.63) is 29.8 Å². The SMILES string of the molecule is COc1c(C#N)cc(OC)c2c(OC)cccc12. The van der Waals surface area contributed by atoms with E-state index in [2.05, 4.69) is 6.07 Å². The fourth-order valence-corrected chi connectivity index (χ4v) is 2.02. The molecule has 0 unspecified atom stereocenters. The Hall–Kier alpha value is -2.41. The highest BCUT2D eigenvalue weighted by atomic mass is 16.5. The van der Waals surface area contributed by atoms with Crippen LogP contribution in [0.25, 0.3) is 10.8 Å². The summed E-state index contributed by atoms with van der Waals surface area (Å²) in [5.41, 5.74) is 0.440. The summed E-state index contributed by atoms with van der Waals surface area (Å²) in [6, 6.07) is 9.33. The van der Waals surface area contributed by atoms with Crippen molar-refractivity contribution in [2.45, 2.75) is 0 Å². The van der Waals surface area contributed by atoms with Crippen LogP contribution in [0.1, 0.15) is 5.56 Å². The van der Waals surface area contributed by atoms with Crippen molar-refractivity contribution in [1.82, 2.24) is 0 Å². The average molecular weight is 243 g/mol. The molecule has 0 spiro atoms. The molecule has 2 aromatic rings. The first-order chi connectivity index (χ1) is 8.76. The highest BCUT2D eigenvalue weighted by Crippen LogP contribution is 2.41. The van der Waals surface area contributed by atoms with Crippen LogP contribution in [-0.4, -0.2) is 21.3 Å². The monoisotopic (exact) mass is 243 g/mol. The number of nitrogens with zero attached hydrogens (tertiary/aromatic N) is 1. The standard InChI is InChI=1S/C14H13NO3/c1-16-11-6-4-5-10-13(11)12(17-2)7-9(8-15)14(10)18-3/h4-7H,1-3H3. The fraction of sp³-hybridized carbons (Fsp3) is 0.214. The van der Waals surface area contributed by atoms with Crippen LogP contribution >= 0.6 is 0 Å². The summed E-state index contributed by atoms with van der Waals surface area (Å²) in [5, 5.41) is 10.7. The molecule has 4 nitrogen and oxygen atoms in total. The molecular weight excluding hydrogens is 230 g/mol. The second-order valence-corrected chi connectivity index (χ2v) is 3.65. The Bertz CT molecular complexity index is 629. The summed E-state index contributed by atoms with van der Waals surface area (Å²) in [6.45, 7) is 0. The van der Waals surface area contributed by atoms with E-state index in [-0.39, 0.29) is 0 Å². The number of methoxy groups -OCH3 is 3. The van der Waals surface area contributed by atoms with Gasteiger partial charge in [-0.3, -0.25) is 0 Å². The molecule has 0 bridgehead atoms. The lowest BCUT2D eigenvalue weighted by atomic mass is 10.0. The number of benzene rings is 2. The molecule has 2 aromatic carbocycles. The van der Waals surface area contributed by atoms with Crippen LogP contribution < -0.4 is 14.2 Å². The van der Waals surface area contributed by atoms with Crippen LogP contribution in [0.4, 0.5) is 0 Å². The zero-order chi connectivity index (χ0) is 13.1. The van der Waals surface area contributed by atoms with Crippen LogP contribution in [0, 0.1) is 11.3 Å². The van der Waals surface area contributed by atoms with Gasteiger partial charge in [-0.2, -0.15) is 5.26 Å². The zero-order valence-electron chi connectivity index (χ0n) is 10.5. The number of rotatable bonds is 3. The van der Waals surface area contributed by atoms with E-state index < -0.39 is 0 Å². The summed E-state index contributed by atoms with van der Waals surface area (Å²) < 4.78 is 16.0. The van der Waals surface area contributed by atoms with Gasteiger partial charge in [0.25, 0.3) is 0 Å². The van der Waals surface area contributed by atoms with Crippen LogP contribution in [-0.2, 0) is 0 Å². The van der Waals surface area contributed by atoms with Gasteiger partial charge >= 0.3 is 0 Å². The number of hydrogen-bond acceptors (Lipinski definition) is 4.